The minimum atomic E-state index is -3.10. The van der Waals surface area contributed by atoms with Gasteiger partial charge in [-0.25, -0.2) is 22.9 Å². The van der Waals surface area contributed by atoms with Gasteiger partial charge in [0.15, 0.2) is 0 Å². The Labute approximate surface area is 95.4 Å². The largest absolute Gasteiger partial charge is 0.481 e. The molecule has 0 spiro atoms. The van der Waals surface area contributed by atoms with E-state index in [9.17, 15) is 18.0 Å². The Morgan fingerprint density at radius 3 is 2.65 bits per heavy atom. The molecule has 0 atom stereocenters. The number of esters is 1. The van der Waals surface area contributed by atoms with Crippen LogP contribution in [0.15, 0.2) is 6.07 Å². The average Bonchev–Trinajstić information content (AvgIpc) is 2.27. The lowest BCUT2D eigenvalue weighted by Gasteiger charge is -2.10. The second-order valence-electron chi connectivity index (χ2n) is 2.93. The van der Waals surface area contributed by atoms with Crippen molar-refractivity contribution in [3.8, 4) is 5.88 Å². The normalized spacial score (nSPS) is 10.5. The van der Waals surface area contributed by atoms with Crippen molar-refractivity contribution in [1.82, 2.24) is 4.98 Å². The highest BCUT2D eigenvalue weighted by molar-refractivity contribution is 5.91. The fraction of sp³-hybridized carbons (Fsp3) is 0.400. The predicted molar refractivity (Wildman–Crippen MR) is 51.7 cm³/mol. The molecule has 0 saturated carbocycles. The average molecular weight is 249 g/mol. The van der Waals surface area contributed by atoms with Crippen LogP contribution in [-0.4, -0.2) is 24.7 Å². The summed E-state index contributed by atoms with van der Waals surface area (Å²) in [5, 5.41) is 0. The van der Waals surface area contributed by atoms with Gasteiger partial charge in [0.05, 0.1) is 13.7 Å². The minimum absolute atomic E-state index is 0.0486. The molecule has 0 aromatic carbocycles. The number of carbonyl (C=O) groups is 1. The Balaban J connectivity index is 3.31. The first kappa shape index (κ1) is 13.3. The number of pyridine rings is 1. The first-order valence-corrected chi connectivity index (χ1v) is 4.71. The molecule has 0 aliphatic carbocycles. The van der Waals surface area contributed by atoms with E-state index in [4.69, 9.17) is 0 Å². The number of carbonyl (C=O) groups excluding carboxylic acids is 1. The van der Waals surface area contributed by atoms with Gasteiger partial charge in [0.1, 0.15) is 17.1 Å². The predicted octanol–water partition coefficient (Wildman–Crippen LogP) is 2.34. The fourth-order valence-corrected chi connectivity index (χ4v) is 1.18. The van der Waals surface area contributed by atoms with Crippen molar-refractivity contribution < 1.29 is 27.4 Å². The van der Waals surface area contributed by atoms with E-state index in [-0.39, 0.29) is 12.5 Å². The van der Waals surface area contributed by atoms with Gasteiger partial charge >= 0.3 is 5.97 Å². The number of hydrogen-bond acceptors (Lipinski definition) is 4. The first-order chi connectivity index (χ1) is 8.01. The molecule has 0 aliphatic rings. The smallest absolute Gasteiger partial charge is 0.343 e. The summed E-state index contributed by atoms with van der Waals surface area (Å²) in [4.78, 5) is 14.7. The van der Waals surface area contributed by atoms with Gasteiger partial charge in [0.25, 0.3) is 6.43 Å². The zero-order valence-corrected chi connectivity index (χ0v) is 9.17. The molecule has 17 heavy (non-hydrogen) atoms. The third-order valence-corrected chi connectivity index (χ3v) is 1.87. The minimum Gasteiger partial charge on any atom is -0.481 e. The number of alkyl halides is 2. The summed E-state index contributed by atoms with van der Waals surface area (Å²) in [7, 11) is 1.15. The van der Waals surface area contributed by atoms with Crippen molar-refractivity contribution in [3.63, 3.8) is 0 Å². The molecule has 1 aromatic rings. The van der Waals surface area contributed by atoms with Crippen molar-refractivity contribution in [3.05, 3.63) is 23.1 Å². The Kier molecular flexibility index (Phi) is 4.30. The lowest BCUT2D eigenvalue weighted by atomic mass is 10.2. The number of aromatic nitrogens is 1. The highest BCUT2D eigenvalue weighted by atomic mass is 19.3. The van der Waals surface area contributed by atoms with Crippen molar-refractivity contribution in [1.29, 1.82) is 0 Å². The van der Waals surface area contributed by atoms with Crippen LogP contribution in [0.4, 0.5) is 13.2 Å². The van der Waals surface area contributed by atoms with E-state index in [1.54, 1.807) is 0 Å². The van der Waals surface area contributed by atoms with Crippen LogP contribution in [0.5, 0.6) is 5.88 Å². The molecular weight excluding hydrogens is 239 g/mol. The Morgan fingerprint density at radius 1 is 1.53 bits per heavy atom. The van der Waals surface area contributed by atoms with E-state index in [0.29, 0.717) is 0 Å². The van der Waals surface area contributed by atoms with Crippen molar-refractivity contribution >= 4 is 5.97 Å². The van der Waals surface area contributed by atoms with E-state index in [1.807, 2.05) is 0 Å². The summed E-state index contributed by atoms with van der Waals surface area (Å²) < 4.78 is 47.8. The monoisotopic (exact) mass is 249 g/mol. The Hall–Kier alpha value is -1.79. The fourth-order valence-electron chi connectivity index (χ4n) is 1.18. The zero-order valence-electron chi connectivity index (χ0n) is 9.17. The molecule has 0 bridgehead atoms. The highest BCUT2D eigenvalue weighted by Gasteiger charge is 2.26. The number of hydrogen-bond donors (Lipinski definition) is 0. The molecule has 4 nitrogen and oxygen atoms in total. The molecule has 0 saturated heterocycles. The van der Waals surface area contributed by atoms with Crippen LogP contribution in [0.3, 0.4) is 0 Å². The third kappa shape index (κ3) is 2.86. The van der Waals surface area contributed by atoms with Crippen molar-refractivity contribution in [2.45, 2.75) is 13.3 Å². The number of halogens is 3. The Morgan fingerprint density at radius 2 is 2.18 bits per heavy atom. The first-order valence-electron chi connectivity index (χ1n) is 4.71. The summed E-state index contributed by atoms with van der Waals surface area (Å²) >= 11 is 0. The SMILES string of the molecule is CCOC(=O)c1c(F)cc(OC)nc1C(F)F. The van der Waals surface area contributed by atoms with Crippen molar-refractivity contribution in [2.24, 2.45) is 0 Å². The molecule has 7 heteroatoms. The maximum Gasteiger partial charge on any atom is 0.343 e. The number of methoxy groups -OCH3 is 1. The Bertz CT molecular complexity index is 424. The van der Waals surface area contributed by atoms with Gasteiger partial charge in [-0.2, -0.15) is 0 Å². The van der Waals surface area contributed by atoms with Crippen LogP contribution in [0, 0.1) is 5.82 Å². The van der Waals surface area contributed by atoms with E-state index in [0.717, 1.165) is 13.2 Å². The molecular formula is C10H10F3NO3. The van der Waals surface area contributed by atoms with Crippen LogP contribution >= 0.6 is 0 Å². The lowest BCUT2D eigenvalue weighted by Crippen LogP contribution is -2.13. The van der Waals surface area contributed by atoms with Gasteiger partial charge in [0, 0.05) is 6.07 Å². The van der Waals surface area contributed by atoms with E-state index in [1.165, 1.54) is 6.92 Å². The van der Waals surface area contributed by atoms with Crippen LogP contribution < -0.4 is 4.74 Å². The van der Waals surface area contributed by atoms with Crippen molar-refractivity contribution in [2.75, 3.05) is 13.7 Å². The van der Waals surface area contributed by atoms with E-state index < -0.39 is 29.5 Å². The molecule has 0 radical (unpaired) electrons. The number of ether oxygens (including phenoxy) is 2. The molecule has 0 amide bonds. The molecule has 0 N–H and O–H groups in total. The zero-order chi connectivity index (χ0) is 13.0. The lowest BCUT2D eigenvalue weighted by molar-refractivity contribution is 0.0506. The van der Waals surface area contributed by atoms with Gasteiger partial charge in [-0.15, -0.1) is 0 Å². The van der Waals surface area contributed by atoms with Crippen LogP contribution in [0.2, 0.25) is 0 Å². The highest BCUT2D eigenvalue weighted by Crippen LogP contribution is 2.26. The molecule has 1 heterocycles. The van der Waals surface area contributed by atoms with Crippen LogP contribution in [0.25, 0.3) is 0 Å². The summed E-state index contributed by atoms with van der Waals surface area (Å²) in [5.74, 6) is -2.65. The molecule has 1 rings (SSSR count). The standard InChI is InChI=1S/C10H10F3NO3/c1-3-17-10(15)7-5(11)4-6(16-2)14-8(7)9(12)13/h4,9H,3H2,1-2H3. The number of nitrogens with zero attached hydrogens (tertiary/aromatic N) is 1. The summed E-state index contributed by atoms with van der Waals surface area (Å²) in [6, 6.07) is 0.748. The van der Waals surface area contributed by atoms with Gasteiger partial charge in [-0.05, 0) is 6.92 Å². The molecule has 94 valence electrons. The van der Waals surface area contributed by atoms with Gasteiger partial charge < -0.3 is 9.47 Å². The summed E-state index contributed by atoms with van der Waals surface area (Å²) in [6.07, 6.45) is -3.10. The quantitative estimate of drug-likeness (QED) is 0.768. The molecule has 0 aliphatic heterocycles. The number of rotatable bonds is 4. The second kappa shape index (κ2) is 5.51. The second-order valence-corrected chi connectivity index (χ2v) is 2.93. The maximum absolute atomic E-state index is 13.5. The van der Waals surface area contributed by atoms with Crippen LogP contribution in [-0.2, 0) is 4.74 Å². The summed E-state index contributed by atoms with van der Waals surface area (Å²) in [6.45, 7) is 1.43. The topological polar surface area (TPSA) is 48.4 Å². The molecule has 1 aromatic heterocycles. The van der Waals surface area contributed by atoms with Gasteiger partial charge in [-0.3, -0.25) is 0 Å². The van der Waals surface area contributed by atoms with Crippen LogP contribution in [0.1, 0.15) is 29.4 Å². The third-order valence-electron chi connectivity index (χ3n) is 1.87. The van der Waals surface area contributed by atoms with E-state index in [2.05, 4.69) is 14.5 Å². The van der Waals surface area contributed by atoms with E-state index >= 15 is 0 Å². The van der Waals surface area contributed by atoms with Gasteiger partial charge in [-0.1, -0.05) is 0 Å². The molecule has 0 unspecified atom stereocenters. The van der Waals surface area contributed by atoms with Gasteiger partial charge in [0.2, 0.25) is 5.88 Å². The summed E-state index contributed by atoms with van der Waals surface area (Å²) in [5.41, 5.74) is -1.84. The molecule has 0 fully saturated rings. The maximum atomic E-state index is 13.5.